The molecule has 0 heterocycles. The van der Waals surface area contributed by atoms with Crippen LogP contribution in [0.15, 0.2) is 0 Å². The molecule has 0 aliphatic heterocycles. The molecule has 0 saturated heterocycles. The van der Waals surface area contributed by atoms with Crippen LogP contribution in [0.5, 0.6) is 0 Å². The highest BCUT2D eigenvalue weighted by molar-refractivity contribution is 4.31. The van der Waals surface area contributed by atoms with Crippen LogP contribution >= 0.6 is 0 Å². The maximum atomic E-state index is 11.0. The minimum absolute atomic E-state index is 0.0903. The molecular weight excluding hydrogens is 107 g/mol. The maximum Gasteiger partial charge on any atom is 0.0908 e. The van der Waals surface area contributed by atoms with Crippen molar-refractivity contribution in [2.24, 2.45) is 0 Å². The molecule has 0 aromatic carbocycles. The number of nitrogens with zero attached hydrogens (tertiary/aromatic N) is 1. The second-order valence-corrected chi connectivity index (χ2v) is 1.07. The highest BCUT2D eigenvalue weighted by atomic mass is 19.4. The topological polar surface area (TPSA) is 3.24 Å². The van der Waals surface area contributed by atoms with Gasteiger partial charge in [-0.25, -0.2) is 0 Å². The molecule has 0 aliphatic carbocycles. The highest BCUT2D eigenvalue weighted by Gasteiger charge is 1.94. The lowest BCUT2D eigenvalue weighted by Gasteiger charge is -1.93. The van der Waals surface area contributed by atoms with E-state index < -0.39 is 18.6 Å². The van der Waals surface area contributed by atoms with Crippen LogP contribution in [0.2, 0.25) is 0 Å². The van der Waals surface area contributed by atoms with Crippen LogP contribution in [-0.4, -0.2) is 18.6 Å². The van der Waals surface area contributed by atoms with Gasteiger partial charge in [-0.05, 0) is 6.42 Å². The van der Waals surface area contributed by atoms with Gasteiger partial charge >= 0.3 is 0 Å². The van der Waals surface area contributed by atoms with Crippen molar-refractivity contribution in [3.63, 3.8) is 0 Å². The second-order valence-electron chi connectivity index (χ2n) is 1.07. The Morgan fingerprint density at radius 3 is 2.00 bits per heavy atom. The Kier molecular flexibility index (Phi) is 3.78. The predicted molar refractivity (Wildman–Crippen MR) is 19.5 cm³/mol. The lowest BCUT2D eigenvalue weighted by molar-refractivity contribution is -0.153. The summed E-state index contributed by atoms with van der Waals surface area (Å²) >= 11 is 0. The lowest BCUT2D eigenvalue weighted by atomic mass is 10.5. The van der Waals surface area contributed by atoms with Crippen molar-refractivity contribution in [2.75, 3.05) is 13.2 Å². The number of alkyl halides is 1. The van der Waals surface area contributed by atoms with E-state index in [0.29, 0.717) is 0 Å². The first kappa shape index (κ1) is 6.75. The smallest absolute Gasteiger partial charge is 0.0908 e. The van der Waals surface area contributed by atoms with Crippen molar-refractivity contribution in [1.29, 1.82) is 0 Å². The summed E-state index contributed by atoms with van der Waals surface area (Å²) in [5.74, 6) is 0. The average Bonchev–Trinajstić information content (AvgIpc) is 1.61. The first-order valence-electron chi connectivity index (χ1n) is 1.92. The molecule has 0 radical (unpaired) electrons. The van der Waals surface area contributed by atoms with Gasteiger partial charge in [0.2, 0.25) is 0 Å². The number of hydrogen-bond acceptors (Lipinski definition) is 1. The normalized spacial score (nSPS) is 10.3. The summed E-state index contributed by atoms with van der Waals surface area (Å²) in [6.45, 7) is -1.15. The Morgan fingerprint density at radius 1 is 1.29 bits per heavy atom. The van der Waals surface area contributed by atoms with Gasteiger partial charge in [0.05, 0.1) is 13.2 Å². The molecule has 0 aromatic rings. The molecule has 0 aliphatic rings. The molecule has 0 N–H and O–H groups in total. The Labute approximate surface area is 39.6 Å². The van der Waals surface area contributed by atoms with Gasteiger partial charge in [-0.1, -0.05) is 0 Å². The van der Waals surface area contributed by atoms with Crippen LogP contribution < -0.4 is 0 Å². The molecule has 44 valence electrons. The summed E-state index contributed by atoms with van der Waals surface area (Å²) in [6.07, 6.45) is -0.0903. The van der Waals surface area contributed by atoms with Gasteiger partial charge in [-0.15, -0.1) is 8.96 Å². The van der Waals surface area contributed by atoms with Gasteiger partial charge in [0.15, 0.2) is 0 Å². The molecule has 0 saturated carbocycles. The lowest BCUT2D eigenvalue weighted by Crippen LogP contribution is -2.02. The fourth-order valence-electron chi connectivity index (χ4n) is 0.179. The molecule has 0 atom stereocenters. The predicted octanol–water partition coefficient (Wildman–Crippen LogP) is 1.42. The van der Waals surface area contributed by atoms with Crippen LogP contribution in [0, 0.1) is 0 Å². The molecule has 0 aromatic heterocycles. The van der Waals surface area contributed by atoms with Crippen molar-refractivity contribution >= 4 is 0 Å². The van der Waals surface area contributed by atoms with E-state index in [1.165, 1.54) is 0 Å². The van der Waals surface area contributed by atoms with E-state index in [9.17, 15) is 13.4 Å². The van der Waals surface area contributed by atoms with Crippen LogP contribution in [-0.2, 0) is 0 Å². The summed E-state index contributed by atoms with van der Waals surface area (Å²) < 4.78 is 32.8. The molecule has 0 bridgehead atoms. The first-order valence-corrected chi connectivity index (χ1v) is 1.92. The van der Waals surface area contributed by atoms with Gasteiger partial charge < -0.3 is 0 Å². The maximum absolute atomic E-state index is 11.0. The Balaban J connectivity index is 2.68. The fourth-order valence-corrected chi connectivity index (χ4v) is 0.179. The average molecular weight is 113 g/mol. The third kappa shape index (κ3) is 5.75. The van der Waals surface area contributed by atoms with Crippen LogP contribution in [0.1, 0.15) is 6.42 Å². The van der Waals surface area contributed by atoms with E-state index in [2.05, 4.69) is 0 Å². The van der Waals surface area contributed by atoms with Crippen molar-refractivity contribution in [1.82, 2.24) is 5.34 Å². The summed E-state index contributed by atoms with van der Waals surface area (Å²) in [7, 11) is 0. The molecule has 0 rings (SSSR count). The molecule has 4 heteroatoms. The summed E-state index contributed by atoms with van der Waals surface area (Å²) in [5, 5.41) is -1.03. The van der Waals surface area contributed by atoms with Crippen molar-refractivity contribution < 1.29 is 13.4 Å². The SMILES string of the molecule is FCCCN(F)F. The zero-order chi connectivity index (χ0) is 5.70. The minimum atomic E-state index is -1.03. The standard InChI is InChI=1S/C3H6F3N/c4-2-1-3-7(5)6/h1-3H2. The monoisotopic (exact) mass is 113 g/mol. The van der Waals surface area contributed by atoms with Gasteiger partial charge in [-0.2, -0.15) is 0 Å². The fraction of sp³-hybridized carbons (Fsp3) is 1.00. The zero-order valence-corrected chi connectivity index (χ0v) is 3.70. The van der Waals surface area contributed by atoms with Crippen molar-refractivity contribution in [3.05, 3.63) is 0 Å². The number of halogens is 3. The van der Waals surface area contributed by atoms with E-state index in [1.807, 2.05) is 0 Å². The van der Waals surface area contributed by atoms with Gasteiger partial charge in [0.25, 0.3) is 0 Å². The summed E-state index contributed by atoms with van der Waals surface area (Å²) in [6, 6.07) is 0. The van der Waals surface area contributed by atoms with Crippen molar-refractivity contribution in [3.8, 4) is 0 Å². The van der Waals surface area contributed by atoms with Gasteiger partial charge in [-0.3, -0.25) is 4.39 Å². The number of hydrogen-bond donors (Lipinski definition) is 0. The molecule has 0 spiro atoms. The van der Waals surface area contributed by atoms with E-state index in [1.54, 1.807) is 0 Å². The van der Waals surface area contributed by atoms with Crippen LogP contribution in [0.3, 0.4) is 0 Å². The minimum Gasteiger partial charge on any atom is -0.251 e. The summed E-state index contributed by atoms with van der Waals surface area (Å²) in [4.78, 5) is 0. The Morgan fingerprint density at radius 2 is 1.86 bits per heavy atom. The largest absolute Gasteiger partial charge is 0.251 e. The number of rotatable bonds is 3. The van der Waals surface area contributed by atoms with E-state index in [4.69, 9.17) is 0 Å². The van der Waals surface area contributed by atoms with Gasteiger partial charge in [0.1, 0.15) is 0 Å². The third-order valence-corrected chi connectivity index (χ3v) is 0.461. The quantitative estimate of drug-likeness (QED) is 0.500. The highest BCUT2D eigenvalue weighted by Crippen LogP contribution is 1.90. The Bertz CT molecular complexity index is 39.2. The molecular formula is C3H6F3N. The zero-order valence-electron chi connectivity index (χ0n) is 3.70. The first-order chi connectivity index (χ1) is 3.27. The van der Waals surface area contributed by atoms with Gasteiger partial charge in [0, 0.05) is 5.34 Å². The van der Waals surface area contributed by atoms with Crippen LogP contribution in [0.25, 0.3) is 0 Å². The van der Waals surface area contributed by atoms with E-state index >= 15 is 0 Å². The molecule has 1 nitrogen and oxygen atoms in total. The van der Waals surface area contributed by atoms with Crippen LogP contribution in [0.4, 0.5) is 13.4 Å². The van der Waals surface area contributed by atoms with E-state index in [-0.39, 0.29) is 6.42 Å². The summed E-state index contributed by atoms with van der Waals surface area (Å²) in [5.41, 5.74) is 0. The Hall–Kier alpha value is -0.250. The molecule has 0 unspecified atom stereocenters. The molecule has 7 heavy (non-hydrogen) atoms. The van der Waals surface area contributed by atoms with Crippen molar-refractivity contribution in [2.45, 2.75) is 6.42 Å². The third-order valence-electron chi connectivity index (χ3n) is 0.461. The van der Waals surface area contributed by atoms with E-state index in [0.717, 1.165) is 0 Å². The second kappa shape index (κ2) is 3.92. The molecule has 0 amide bonds. The molecule has 0 fully saturated rings.